The maximum Gasteiger partial charge on any atom is 0.268 e. The molecule has 7 heteroatoms. The first-order valence-electron chi connectivity index (χ1n) is 9.95. The number of carbonyl (C=O) groups excluding carboxylic acids is 1. The van der Waals surface area contributed by atoms with Crippen molar-refractivity contribution < 1.29 is 9.53 Å². The van der Waals surface area contributed by atoms with Crippen molar-refractivity contribution in [3.05, 3.63) is 82.4 Å². The summed E-state index contributed by atoms with van der Waals surface area (Å²) in [5.74, 6) is -0.241. The molecule has 0 bridgehead atoms. The Labute approximate surface area is 173 Å². The molecular weight excluding hydrogens is 380 g/mol. The number of carbonyl (C=O) groups is 1. The SMILES string of the molecule is COCCCn1c(C(=O)N[C@@H](C)c2ccccc2)cc2c(=O)n3ccccc3nc21. The fourth-order valence-electron chi connectivity index (χ4n) is 3.63. The number of aryl methyl sites for hydroxylation is 1. The average Bonchev–Trinajstić information content (AvgIpc) is 3.13. The van der Waals surface area contributed by atoms with Gasteiger partial charge in [0.15, 0.2) is 0 Å². The van der Waals surface area contributed by atoms with E-state index in [9.17, 15) is 9.59 Å². The molecule has 3 aromatic heterocycles. The smallest absolute Gasteiger partial charge is 0.268 e. The van der Waals surface area contributed by atoms with Crippen molar-refractivity contribution in [2.75, 3.05) is 13.7 Å². The molecule has 0 aliphatic heterocycles. The van der Waals surface area contributed by atoms with Crippen LogP contribution in [0.25, 0.3) is 16.7 Å². The molecule has 154 valence electrons. The number of hydrogen-bond donors (Lipinski definition) is 1. The molecule has 1 amide bonds. The van der Waals surface area contributed by atoms with E-state index in [-0.39, 0.29) is 17.5 Å². The lowest BCUT2D eigenvalue weighted by molar-refractivity contribution is 0.0929. The summed E-state index contributed by atoms with van der Waals surface area (Å²) in [5, 5.41) is 3.46. The van der Waals surface area contributed by atoms with Crippen molar-refractivity contribution in [1.82, 2.24) is 19.3 Å². The normalized spacial score (nSPS) is 12.3. The highest BCUT2D eigenvalue weighted by Gasteiger charge is 2.21. The topological polar surface area (TPSA) is 77.6 Å². The summed E-state index contributed by atoms with van der Waals surface area (Å²) in [4.78, 5) is 30.8. The Bertz CT molecular complexity index is 1240. The predicted molar refractivity (Wildman–Crippen MR) is 116 cm³/mol. The van der Waals surface area contributed by atoms with Gasteiger partial charge < -0.3 is 14.6 Å². The molecule has 0 aliphatic carbocycles. The number of amides is 1. The number of methoxy groups -OCH3 is 1. The molecule has 7 nitrogen and oxygen atoms in total. The van der Waals surface area contributed by atoms with Gasteiger partial charge in [-0.1, -0.05) is 36.4 Å². The van der Waals surface area contributed by atoms with Gasteiger partial charge in [0.25, 0.3) is 11.5 Å². The maximum absolute atomic E-state index is 13.2. The van der Waals surface area contributed by atoms with Gasteiger partial charge in [-0.25, -0.2) is 4.98 Å². The van der Waals surface area contributed by atoms with Crippen LogP contribution < -0.4 is 10.9 Å². The third kappa shape index (κ3) is 3.71. The molecule has 0 radical (unpaired) electrons. The minimum atomic E-state index is -0.241. The lowest BCUT2D eigenvalue weighted by Gasteiger charge is -2.16. The Kier molecular flexibility index (Phi) is 5.63. The van der Waals surface area contributed by atoms with Crippen LogP contribution in [0.3, 0.4) is 0 Å². The first-order valence-corrected chi connectivity index (χ1v) is 9.95. The number of fused-ring (bicyclic) bond motifs is 2. The Morgan fingerprint density at radius 3 is 2.70 bits per heavy atom. The molecule has 0 fully saturated rings. The van der Waals surface area contributed by atoms with E-state index >= 15 is 0 Å². The number of benzene rings is 1. The van der Waals surface area contributed by atoms with E-state index in [0.29, 0.717) is 41.9 Å². The predicted octanol–water partition coefficient (Wildman–Crippen LogP) is 3.18. The first kappa shape index (κ1) is 19.8. The third-order valence-corrected chi connectivity index (χ3v) is 5.19. The lowest BCUT2D eigenvalue weighted by atomic mass is 10.1. The molecule has 1 atom stereocenters. The second-order valence-electron chi connectivity index (χ2n) is 7.22. The Morgan fingerprint density at radius 2 is 1.93 bits per heavy atom. The molecule has 0 saturated heterocycles. The van der Waals surface area contributed by atoms with E-state index < -0.39 is 0 Å². The Hall–Kier alpha value is -3.45. The molecule has 3 heterocycles. The van der Waals surface area contributed by atoms with Gasteiger partial charge in [-0.3, -0.25) is 14.0 Å². The van der Waals surface area contributed by atoms with E-state index in [4.69, 9.17) is 4.74 Å². The highest BCUT2D eigenvalue weighted by atomic mass is 16.5. The van der Waals surface area contributed by atoms with Crippen LogP contribution in [0.4, 0.5) is 0 Å². The van der Waals surface area contributed by atoms with Crippen molar-refractivity contribution in [1.29, 1.82) is 0 Å². The van der Waals surface area contributed by atoms with E-state index in [1.165, 1.54) is 4.40 Å². The van der Waals surface area contributed by atoms with Gasteiger partial charge in [0.2, 0.25) is 0 Å². The van der Waals surface area contributed by atoms with Gasteiger partial charge in [-0.15, -0.1) is 0 Å². The van der Waals surface area contributed by atoms with Crippen LogP contribution in [0.15, 0.2) is 65.6 Å². The quantitative estimate of drug-likeness (QED) is 0.480. The van der Waals surface area contributed by atoms with Crippen LogP contribution in [-0.2, 0) is 11.3 Å². The zero-order chi connectivity index (χ0) is 21.1. The zero-order valence-electron chi connectivity index (χ0n) is 17.0. The van der Waals surface area contributed by atoms with Crippen molar-refractivity contribution in [2.24, 2.45) is 0 Å². The molecule has 0 unspecified atom stereocenters. The number of hydrogen-bond acceptors (Lipinski definition) is 4. The zero-order valence-corrected chi connectivity index (χ0v) is 17.0. The molecule has 0 spiro atoms. The summed E-state index contributed by atoms with van der Waals surface area (Å²) < 4.78 is 8.48. The van der Waals surface area contributed by atoms with Crippen LogP contribution in [0.5, 0.6) is 0 Å². The van der Waals surface area contributed by atoms with Crippen molar-refractivity contribution in [3.8, 4) is 0 Å². The number of nitrogens with zero attached hydrogens (tertiary/aromatic N) is 3. The second kappa shape index (κ2) is 8.51. The number of rotatable bonds is 7. The minimum absolute atomic E-state index is 0.169. The summed E-state index contributed by atoms with van der Waals surface area (Å²) in [6.45, 7) is 3.01. The summed E-state index contributed by atoms with van der Waals surface area (Å²) in [6.07, 6.45) is 2.38. The van der Waals surface area contributed by atoms with Crippen LogP contribution in [0.1, 0.15) is 35.4 Å². The van der Waals surface area contributed by atoms with Gasteiger partial charge in [-0.05, 0) is 37.1 Å². The molecule has 0 saturated carbocycles. The summed E-state index contributed by atoms with van der Waals surface area (Å²) in [5.41, 5.74) is 2.30. The highest BCUT2D eigenvalue weighted by molar-refractivity contribution is 5.98. The Morgan fingerprint density at radius 1 is 1.17 bits per heavy atom. The van der Waals surface area contributed by atoms with Gasteiger partial charge >= 0.3 is 0 Å². The van der Waals surface area contributed by atoms with E-state index in [1.54, 1.807) is 31.5 Å². The number of aromatic nitrogens is 3. The fraction of sp³-hybridized carbons (Fsp3) is 0.261. The molecule has 30 heavy (non-hydrogen) atoms. The third-order valence-electron chi connectivity index (χ3n) is 5.19. The monoisotopic (exact) mass is 404 g/mol. The standard InChI is InChI=1S/C23H24N4O3/c1-16(17-9-4-3-5-10-17)24-22(28)19-15-18-21(26(19)13-8-14-30-2)25-20-11-6-7-12-27(20)23(18)29/h3-7,9-12,15-16H,8,13-14H2,1-2H3,(H,24,28)/t16-/m0/s1. The van der Waals surface area contributed by atoms with Crippen molar-refractivity contribution in [3.63, 3.8) is 0 Å². The molecule has 4 aromatic rings. The van der Waals surface area contributed by atoms with Gasteiger partial charge in [0, 0.05) is 26.5 Å². The molecule has 4 rings (SSSR count). The highest BCUT2D eigenvalue weighted by Crippen LogP contribution is 2.19. The van der Waals surface area contributed by atoms with Crippen LogP contribution >= 0.6 is 0 Å². The molecule has 1 aromatic carbocycles. The van der Waals surface area contributed by atoms with Crippen molar-refractivity contribution >= 4 is 22.6 Å². The number of nitrogens with one attached hydrogen (secondary N) is 1. The average molecular weight is 404 g/mol. The summed E-state index contributed by atoms with van der Waals surface area (Å²) in [6, 6.07) is 16.6. The van der Waals surface area contributed by atoms with Crippen LogP contribution in [0.2, 0.25) is 0 Å². The Balaban J connectivity index is 1.78. The van der Waals surface area contributed by atoms with Crippen LogP contribution in [-0.4, -0.2) is 33.6 Å². The second-order valence-corrected chi connectivity index (χ2v) is 7.22. The number of ether oxygens (including phenoxy) is 1. The molecule has 0 aliphatic rings. The molecule has 1 N–H and O–H groups in total. The van der Waals surface area contributed by atoms with Gasteiger partial charge in [0.05, 0.1) is 11.4 Å². The summed E-state index contributed by atoms with van der Waals surface area (Å²) in [7, 11) is 1.64. The van der Waals surface area contributed by atoms with E-state index in [0.717, 1.165) is 5.56 Å². The number of pyridine rings is 1. The van der Waals surface area contributed by atoms with Crippen LogP contribution in [0, 0.1) is 0 Å². The van der Waals surface area contributed by atoms with Gasteiger partial charge in [-0.2, -0.15) is 0 Å². The largest absolute Gasteiger partial charge is 0.385 e. The fourth-order valence-corrected chi connectivity index (χ4v) is 3.63. The van der Waals surface area contributed by atoms with Crippen molar-refractivity contribution in [2.45, 2.75) is 25.9 Å². The van der Waals surface area contributed by atoms with E-state index in [1.807, 2.05) is 47.9 Å². The first-order chi connectivity index (χ1) is 14.6. The van der Waals surface area contributed by atoms with E-state index in [2.05, 4.69) is 10.3 Å². The summed E-state index contributed by atoms with van der Waals surface area (Å²) >= 11 is 0. The van der Waals surface area contributed by atoms with Gasteiger partial charge in [0.1, 0.15) is 17.0 Å². The maximum atomic E-state index is 13.2. The molecular formula is C23H24N4O3. The minimum Gasteiger partial charge on any atom is -0.385 e. The lowest BCUT2D eigenvalue weighted by Crippen LogP contribution is -2.28.